The lowest BCUT2D eigenvalue weighted by Crippen LogP contribution is -2.28. The van der Waals surface area contributed by atoms with Crippen molar-refractivity contribution in [3.8, 4) is 0 Å². The van der Waals surface area contributed by atoms with E-state index in [1.807, 2.05) is 0 Å². The maximum absolute atomic E-state index is 11.1. The minimum absolute atomic E-state index is 0.199. The molecule has 1 fully saturated rings. The Bertz CT molecular complexity index is 473. The van der Waals surface area contributed by atoms with E-state index in [4.69, 9.17) is 16.7 Å². The second-order valence-corrected chi connectivity index (χ2v) is 5.84. The van der Waals surface area contributed by atoms with Crippen LogP contribution in [0.4, 0.5) is 5.82 Å². The number of carboxylic acid groups (broad SMARTS) is 1. The van der Waals surface area contributed by atoms with Crippen LogP contribution in [0.15, 0.2) is 12.1 Å². The topological polar surface area (TPSA) is 53.4 Å². The van der Waals surface area contributed by atoms with Gasteiger partial charge >= 0.3 is 5.97 Å². The first kappa shape index (κ1) is 14.1. The Labute approximate surface area is 118 Å². The summed E-state index contributed by atoms with van der Waals surface area (Å²) in [4.78, 5) is 17.6. The largest absolute Gasteiger partial charge is 0.478 e. The molecule has 2 rings (SSSR count). The molecule has 0 spiro atoms. The molecule has 0 amide bonds. The summed E-state index contributed by atoms with van der Waals surface area (Å²) < 4.78 is 0. The van der Waals surface area contributed by atoms with Crippen LogP contribution in [0.2, 0.25) is 5.15 Å². The van der Waals surface area contributed by atoms with Gasteiger partial charge in [-0.2, -0.15) is 0 Å². The van der Waals surface area contributed by atoms with E-state index in [0.717, 1.165) is 25.8 Å². The summed E-state index contributed by atoms with van der Waals surface area (Å²) in [5.41, 5.74) is 0.199. The molecule has 104 valence electrons. The predicted molar refractivity (Wildman–Crippen MR) is 76.0 cm³/mol. The van der Waals surface area contributed by atoms with Crippen molar-refractivity contribution >= 4 is 23.4 Å². The zero-order valence-electron chi connectivity index (χ0n) is 11.3. The van der Waals surface area contributed by atoms with Crippen molar-refractivity contribution in [3.63, 3.8) is 0 Å². The van der Waals surface area contributed by atoms with Crippen LogP contribution < -0.4 is 4.90 Å². The summed E-state index contributed by atoms with van der Waals surface area (Å²) in [5.74, 6) is 0.331. The number of aromatic nitrogens is 1. The van der Waals surface area contributed by atoms with E-state index in [1.54, 1.807) is 6.07 Å². The van der Waals surface area contributed by atoms with Crippen molar-refractivity contribution in [2.45, 2.75) is 39.2 Å². The minimum Gasteiger partial charge on any atom is -0.478 e. The van der Waals surface area contributed by atoms with E-state index in [2.05, 4.69) is 23.7 Å². The summed E-state index contributed by atoms with van der Waals surface area (Å²) >= 11 is 5.92. The molecule has 5 heteroatoms. The zero-order chi connectivity index (χ0) is 14.0. The summed E-state index contributed by atoms with van der Waals surface area (Å²) in [7, 11) is 0. The van der Waals surface area contributed by atoms with Crippen molar-refractivity contribution in [1.29, 1.82) is 0 Å². The highest BCUT2D eigenvalue weighted by Crippen LogP contribution is 2.32. The summed E-state index contributed by atoms with van der Waals surface area (Å²) in [5, 5.41) is 9.32. The van der Waals surface area contributed by atoms with Crippen LogP contribution >= 0.6 is 11.6 Å². The molecule has 0 bridgehead atoms. The number of pyridine rings is 1. The lowest BCUT2D eigenvalue weighted by Gasteiger charge is -2.24. The molecule has 1 saturated carbocycles. The lowest BCUT2D eigenvalue weighted by molar-refractivity contribution is 0.0696. The molecule has 19 heavy (non-hydrogen) atoms. The molecule has 1 N–H and O–H groups in total. The van der Waals surface area contributed by atoms with Gasteiger partial charge in [-0.15, -0.1) is 0 Å². The van der Waals surface area contributed by atoms with Gasteiger partial charge in [-0.3, -0.25) is 0 Å². The van der Waals surface area contributed by atoms with Crippen molar-refractivity contribution in [1.82, 2.24) is 4.98 Å². The molecule has 0 radical (unpaired) electrons. The number of hydrogen-bond acceptors (Lipinski definition) is 3. The molecule has 1 aliphatic rings. The van der Waals surface area contributed by atoms with Gasteiger partial charge in [0.25, 0.3) is 0 Å². The summed E-state index contributed by atoms with van der Waals surface area (Å²) in [6, 6.07) is 3.50. The lowest BCUT2D eigenvalue weighted by atomic mass is 10.1. The normalized spacial score (nSPS) is 14.7. The first-order chi connectivity index (χ1) is 8.97. The fourth-order valence-electron chi connectivity index (χ4n) is 2.02. The summed E-state index contributed by atoms with van der Waals surface area (Å²) in [6.07, 6.45) is 3.36. The Morgan fingerprint density at radius 3 is 2.74 bits per heavy atom. The van der Waals surface area contributed by atoms with Crippen molar-refractivity contribution < 1.29 is 9.90 Å². The molecule has 4 nitrogen and oxygen atoms in total. The fraction of sp³-hybridized carbons (Fsp3) is 0.571. The van der Waals surface area contributed by atoms with Gasteiger partial charge in [-0.25, -0.2) is 9.78 Å². The van der Waals surface area contributed by atoms with Crippen LogP contribution in [0, 0.1) is 5.92 Å². The maximum atomic E-state index is 11.1. The molecule has 1 aliphatic carbocycles. The SMILES string of the molecule is CC(C)CCN(c1cc(C(=O)O)cc(Cl)n1)C1CC1. The third kappa shape index (κ3) is 3.83. The smallest absolute Gasteiger partial charge is 0.335 e. The Morgan fingerprint density at radius 1 is 1.53 bits per heavy atom. The molecule has 0 unspecified atom stereocenters. The third-order valence-corrected chi connectivity index (χ3v) is 3.45. The summed E-state index contributed by atoms with van der Waals surface area (Å²) in [6.45, 7) is 5.26. The van der Waals surface area contributed by atoms with Gasteiger partial charge in [0, 0.05) is 12.6 Å². The number of halogens is 1. The van der Waals surface area contributed by atoms with Crippen LogP contribution in [-0.4, -0.2) is 28.6 Å². The van der Waals surface area contributed by atoms with Crippen molar-refractivity contribution in [2.75, 3.05) is 11.4 Å². The molecule has 1 heterocycles. The number of carboxylic acids is 1. The van der Waals surface area contributed by atoms with E-state index in [1.165, 1.54) is 6.07 Å². The Kier molecular flexibility index (Phi) is 4.30. The molecular weight excluding hydrogens is 264 g/mol. The fourth-order valence-corrected chi connectivity index (χ4v) is 2.23. The highest BCUT2D eigenvalue weighted by molar-refractivity contribution is 6.29. The van der Waals surface area contributed by atoms with E-state index in [-0.39, 0.29) is 10.7 Å². The first-order valence-electron chi connectivity index (χ1n) is 6.65. The second-order valence-electron chi connectivity index (χ2n) is 5.45. The van der Waals surface area contributed by atoms with Crippen molar-refractivity contribution in [3.05, 3.63) is 22.8 Å². The zero-order valence-corrected chi connectivity index (χ0v) is 12.0. The average molecular weight is 283 g/mol. The van der Waals surface area contributed by atoms with Gasteiger partial charge in [0.05, 0.1) is 5.56 Å². The number of rotatable bonds is 6. The van der Waals surface area contributed by atoms with Crippen LogP contribution in [0.1, 0.15) is 43.5 Å². The van der Waals surface area contributed by atoms with Gasteiger partial charge in [-0.05, 0) is 37.3 Å². The van der Waals surface area contributed by atoms with Crippen LogP contribution in [0.25, 0.3) is 0 Å². The highest BCUT2D eigenvalue weighted by Gasteiger charge is 2.30. The molecular formula is C14H19ClN2O2. The quantitative estimate of drug-likeness (QED) is 0.812. The number of nitrogens with zero attached hydrogens (tertiary/aromatic N) is 2. The van der Waals surface area contributed by atoms with Crippen LogP contribution in [0.5, 0.6) is 0 Å². The third-order valence-electron chi connectivity index (χ3n) is 3.26. The molecule has 0 saturated heterocycles. The number of carbonyl (C=O) groups is 1. The van der Waals surface area contributed by atoms with Gasteiger partial charge in [0.1, 0.15) is 11.0 Å². The van der Waals surface area contributed by atoms with E-state index in [9.17, 15) is 4.79 Å². The van der Waals surface area contributed by atoms with Crippen LogP contribution in [-0.2, 0) is 0 Å². The minimum atomic E-state index is -0.967. The van der Waals surface area contributed by atoms with E-state index >= 15 is 0 Å². The monoisotopic (exact) mass is 282 g/mol. The highest BCUT2D eigenvalue weighted by atomic mass is 35.5. The van der Waals surface area contributed by atoms with Crippen LogP contribution in [0.3, 0.4) is 0 Å². The second kappa shape index (κ2) is 5.78. The average Bonchev–Trinajstić information content (AvgIpc) is 3.12. The Morgan fingerprint density at radius 2 is 2.21 bits per heavy atom. The number of aromatic carboxylic acids is 1. The van der Waals surface area contributed by atoms with E-state index in [0.29, 0.717) is 17.8 Å². The predicted octanol–water partition coefficient (Wildman–Crippen LogP) is 3.45. The number of hydrogen-bond donors (Lipinski definition) is 1. The van der Waals surface area contributed by atoms with E-state index < -0.39 is 5.97 Å². The van der Waals surface area contributed by atoms with Crippen molar-refractivity contribution in [2.24, 2.45) is 5.92 Å². The molecule has 1 aromatic heterocycles. The molecule has 0 atom stereocenters. The Hall–Kier alpha value is -1.29. The van der Waals surface area contributed by atoms with Gasteiger partial charge < -0.3 is 10.0 Å². The number of anilines is 1. The first-order valence-corrected chi connectivity index (χ1v) is 7.02. The van der Waals surface area contributed by atoms with Gasteiger partial charge in [0.15, 0.2) is 0 Å². The molecule has 0 aliphatic heterocycles. The Balaban J connectivity index is 2.23. The van der Waals surface area contributed by atoms with Gasteiger partial charge in [0.2, 0.25) is 0 Å². The maximum Gasteiger partial charge on any atom is 0.335 e. The standard InChI is InChI=1S/C14H19ClN2O2/c1-9(2)5-6-17(11-3-4-11)13-8-10(14(18)19)7-12(15)16-13/h7-9,11H,3-6H2,1-2H3,(H,18,19). The molecule has 0 aromatic carbocycles. The molecule has 1 aromatic rings. The van der Waals surface area contributed by atoms with Gasteiger partial charge in [-0.1, -0.05) is 25.4 Å².